The molecule has 0 aliphatic heterocycles. The number of hydrogen-bond acceptors (Lipinski definition) is 8. The van der Waals surface area contributed by atoms with Crippen LogP contribution in [0.25, 0.3) is 0 Å². The molecule has 8 heteroatoms. The molecule has 0 saturated heterocycles. The molecule has 0 aromatic heterocycles. The molecule has 0 bridgehead atoms. The van der Waals surface area contributed by atoms with Crippen molar-refractivity contribution in [1.29, 1.82) is 0 Å². The molecule has 174 valence electrons. The highest BCUT2D eigenvalue weighted by Crippen LogP contribution is 2.28. The van der Waals surface area contributed by atoms with Gasteiger partial charge in [0.15, 0.2) is 23.0 Å². The Hall–Kier alpha value is -3.42. The van der Waals surface area contributed by atoms with E-state index in [2.05, 4.69) is 0 Å². The zero-order chi connectivity index (χ0) is 23.7. The average Bonchev–Trinajstić information content (AvgIpc) is 2.72. The smallest absolute Gasteiger partial charge is 0.302 e. The maximum absolute atomic E-state index is 11.6. The standard InChI is InChI=1S/C24H30O8/c1-15(25)31-19(8-4-17-6-10-21(27)23(29)12-17)14-20(32-16(2)26)9-5-18-7-11-22(28)24(13-18)30-3/h6-7,10-13,19-20,27-29H,4-5,8-9,14H2,1-3H3/t19-,20+/m0/s1. The molecular formula is C24H30O8. The molecule has 0 aliphatic carbocycles. The van der Waals surface area contributed by atoms with Crippen molar-refractivity contribution in [3.05, 3.63) is 47.5 Å². The summed E-state index contributed by atoms with van der Waals surface area (Å²) in [5.41, 5.74) is 1.68. The quantitative estimate of drug-likeness (QED) is 0.353. The molecule has 8 nitrogen and oxygen atoms in total. The summed E-state index contributed by atoms with van der Waals surface area (Å²) in [5.74, 6) is -0.874. The minimum absolute atomic E-state index is 0.0444. The van der Waals surface area contributed by atoms with E-state index < -0.39 is 24.1 Å². The first kappa shape index (κ1) is 24.8. The third-order valence-corrected chi connectivity index (χ3v) is 4.98. The fraction of sp³-hybridized carbons (Fsp3) is 0.417. The lowest BCUT2D eigenvalue weighted by Gasteiger charge is -2.23. The normalized spacial score (nSPS) is 12.6. The van der Waals surface area contributed by atoms with Gasteiger partial charge in [-0.15, -0.1) is 0 Å². The van der Waals surface area contributed by atoms with Crippen molar-refractivity contribution < 1.29 is 39.1 Å². The van der Waals surface area contributed by atoms with Crippen LogP contribution in [0.15, 0.2) is 36.4 Å². The number of hydrogen-bond donors (Lipinski definition) is 3. The molecule has 0 unspecified atom stereocenters. The fourth-order valence-corrected chi connectivity index (χ4v) is 3.47. The Balaban J connectivity index is 2.05. The van der Waals surface area contributed by atoms with Crippen molar-refractivity contribution in [3.8, 4) is 23.0 Å². The van der Waals surface area contributed by atoms with Gasteiger partial charge in [-0.1, -0.05) is 12.1 Å². The molecule has 0 fully saturated rings. The highest BCUT2D eigenvalue weighted by Gasteiger charge is 2.22. The number of carbonyl (C=O) groups is 2. The highest BCUT2D eigenvalue weighted by molar-refractivity contribution is 5.66. The fourth-order valence-electron chi connectivity index (χ4n) is 3.47. The van der Waals surface area contributed by atoms with E-state index in [-0.39, 0.29) is 17.2 Å². The molecule has 2 aromatic rings. The molecule has 2 atom stereocenters. The largest absolute Gasteiger partial charge is 0.504 e. The molecule has 2 rings (SSSR count). The van der Waals surface area contributed by atoms with Crippen LogP contribution in [-0.4, -0.2) is 46.6 Å². The molecular weight excluding hydrogens is 416 g/mol. The van der Waals surface area contributed by atoms with Crippen molar-refractivity contribution in [2.75, 3.05) is 7.11 Å². The van der Waals surface area contributed by atoms with Gasteiger partial charge in [-0.2, -0.15) is 0 Å². The lowest BCUT2D eigenvalue weighted by atomic mass is 9.98. The minimum atomic E-state index is -0.498. The van der Waals surface area contributed by atoms with E-state index in [9.17, 15) is 24.9 Å². The van der Waals surface area contributed by atoms with E-state index in [1.54, 1.807) is 24.3 Å². The molecule has 0 amide bonds. The number of benzene rings is 2. The van der Waals surface area contributed by atoms with E-state index in [0.717, 1.165) is 11.1 Å². The lowest BCUT2D eigenvalue weighted by molar-refractivity contribution is -0.153. The zero-order valence-corrected chi connectivity index (χ0v) is 18.5. The van der Waals surface area contributed by atoms with Crippen LogP contribution in [0.4, 0.5) is 0 Å². The number of aromatic hydroxyl groups is 3. The number of rotatable bonds is 11. The Bertz CT molecular complexity index is 924. The second-order valence-electron chi connectivity index (χ2n) is 7.61. The summed E-state index contributed by atoms with van der Waals surface area (Å²) >= 11 is 0. The van der Waals surface area contributed by atoms with Gasteiger partial charge in [0.2, 0.25) is 0 Å². The van der Waals surface area contributed by atoms with Crippen molar-refractivity contribution in [2.24, 2.45) is 0 Å². The maximum Gasteiger partial charge on any atom is 0.302 e. The Labute approximate surface area is 187 Å². The van der Waals surface area contributed by atoms with Crippen LogP contribution in [0.5, 0.6) is 23.0 Å². The van der Waals surface area contributed by atoms with Gasteiger partial charge >= 0.3 is 11.9 Å². The highest BCUT2D eigenvalue weighted by atomic mass is 16.6. The van der Waals surface area contributed by atoms with Crippen molar-refractivity contribution in [2.45, 2.75) is 58.2 Å². The van der Waals surface area contributed by atoms with Gasteiger partial charge in [0.25, 0.3) is 0 Å². The van der Waals surface area contributed by atoms with Gasteiger partial charge in [0.05, 0.1) is 7.11 Å². The SMILES string of the molecule is COc1cc(CC[C@H](C[C@H](CCc2ccc(O)c(O)c2)OC(C)=O)OC(C)=O)ccc1O. The van der Waals surface area contributed by atoms with Crippen LogP contribution < -0.4 is 4.74 Å². The Morgan fingerprint density at radius 3 is 1.75 bits per heavy atom. The van der Waals surface area contributed by atoms with Gasteiger partial charge in [0, 0.05) is 20.3 Å². The van der Waals surface area contributed by atoms with Crippen LogP contribution in [0, 0.1) is 0 Å². The Morgan fingerprint density at radius 1 is 0.781 bits per heavy atom. The van der Waals surface area contributed by atoms with Gasteiger partial charge in [0.1, 0.15) is 12.2 Å². The molecule has 32 heavy (non-hydrogen) atoms. The van der Waals surface area contributed by atoms with Crippen molar-refractivity contribution >= 4 is 11.9 Å². The molecule has 0 saturated carbocycles. The van der Waals surface area contributed by atoms with Crippen LogP contribution in [-0.2, 0) is 31.9 Å². The molecule has 2 aromatic carbocycles. The molecule has 0 radical (unpaired) electrons. The molecule has 0 aliphatic rings. The first-order valence-electron chi connectivity index (χ1n) is 10.4. The van der Waals surface area contributed by atoms with E-state index >= 15 is 0 Å². The van der Waals surface area contributed by atoms with Gasteiger partial charge in [-0.25, -0.2) is 0 Å². The summed E-state index contributed by atoms with van der Waals surface area (Å²) in [6.07, 6.45) is 1.34. The van der Waals surface area contributed by atoms with E-state index in [1.807, 2.05) is 0 Å². The second kappa shape index (κ2) is 11.8. The topological polar surface area (TPSA) is 123 Å². The van der Waals surface area contributed by atoms with Crippen LogP contribution in [0.1, 0.15) is 44.2 Å². The van der Waals surface area contributed by atoms with Gasteiger partial charge < -0.3 is 29.5 Å². The summed E-state index contributed by atoms with van der Waals surface area (Å²) in [6, 6.07) is 9.58. The third kappa shape index (κ3) is 8.02. The summed E-state index contributed by atoms with van der Waals surface area (Å²) in [6.45, 7) is 2.65. The van der Waals surface area contributed by atoms with Crippen LogP contribution in [0.2, 0.25) is 0 Å². The Kier molecular flexibility index (Phi) is 9.19. The van der Waals surface area contributed by atoms with Crippen LogP contribution in [0.3, 0.4) is 0 Å². The number of methoxy groups -OCH3 is 1. The van der Waals surface area contributed by atoms with E-state index in [1.165, 1.54) is 33.1 Å². The first-order valence-corrected chi connectivity index (χ1v) is 10.4. The molecule has 0 heterocycles. The van der Waals surface area contributed by atoms with E-state index in [4.69, 9.17) is 14.2 Å². The second-order valence-corrected chi connectivity index (χ2v) is 7.61. The predicted molar refractivity (Wildman–Crippen MR) is 117 cm³/mol. The molecule has 0 spiro atoms. The lowest BCUT2D eigenvalue weighted by Crippen LogP contribution is -2.27. The summed E-state index contributed by atoms with van der Waals surface area (Å²) in [7, 11) is 1.47. The first-order chi connectivity index (χ1) is 15.2. The third-order valence-electron chi connectivity index (χ3n) is 4.98. The zero-order valence-electron chi connectivity index (χ0n) is 18.5. The number of ether oxygens (including phenoxy) is 3. The number of esters is 2. The summed E-state index contributed by atoms with van der Waals surface area (Å²) < 4.78 is 16.0. The summed E-state index contributed by atoms with van der Waals surface area (Å²) in [5, 5.41) is 28.9. The van der Waals surface area contributed by atoms with Crippen molar-refractivity contribution in [1.82, 2.24) is 0 Å². The summed E-state index contributed by atoms with van der Waals surface area (Å²) in [4.78, 5) is 23.2. The van der Waals surface area contributed by atoms with Crippen molar-refractivity contribution in [3.63, 3.8) is 0 Å². The number of phenolic OH excluding ortho intramolecular Hbond substituents is 3. The maximum atomic E-state index is 11.6. The minimum Gasteiger partial charge on any atom is -0.504 e. The van der Waals surface area contributed by atoms with Gasteiger partial charge in [-0.3, -0.25) is 9.59 Å². The predicted octanol–water partition coefficient (Wildman–Crippen LogP) is 3.63. The molecule has 3 N–H and O–H groups in total. The number of phenols is 3. The Morgan fingerprint density at radius 2 is 1.28 bits per heavy atom. The van der Waals surface area contributed by atoms with Crippen LogP contribution >= 0.6 is 0 Å². The number of carbonyl (C=O) groups excluding carboxylic acids is 2. The number of aryl methyl sites for hydroxylation is 2. The monoisotopic (exact) mass is 446 g/mol. The average molecular weight is 446 g/mol. The van der Waals surface area contributed by atoms with Gasteiger partial charge in [-0.05, 0) is 61.1 Å². The van der Waals surface area contributed by atoms with E-state index in [0.29, 0.717) is 37.9 Å².